The number of fused-ring (bicyclic) bond motifs is 2. The molecule has 4 aromatic carbocycles. The molecule has 4 rings (SSSR count). The van der Waals surface area contributed by atoms with Crippen LogP contribution in [0.2, 0.25) is 5.02 Å². The summed E-state index contributed by atoms with van der Waals surface area (Å²) in [6.45, 7) is 13.7. The number of benzene rings is 4. The summed E-state index contributed by atoms with van der Waals surface area (Å²) in [6, 6.07) is 24.2. The lowest BCUT2D eigenvalue weighted by Gasteiger charge is -2.29. The maximum absolute atomic E-state index is 6.73. The molecule has 0 heterocycles. The molecule has 0 fully saturated rings. The van der Waals surface area contributed by atoms with Gasteiger partial charge in [0, 0.05) is 10.4 Å². The third-order valence-electron chi connectivity index (χ3n) is 6.36. The van der Waals surface area contributed by atoms with Gasteiger partial charge in [0.25, 0.3) is 0 Å². The van der Waals surface area contributed by atoms with Gasteiger partial charge in [-0.1, -0.05) is 107 Å². The molecule has 0 aliphatic heterocycles. The molecule has 0 aliphatic carbocycles. The van der Waals surface area contributed by atoms with Crippen LogP contribution in [0.3, 0.4) is 0 Å². The second-order valence-electron chi connectivity index (χ2n) is 10.2. The van der Waals surface area contributed by atoms with E-state index in [2.05, 4.69) is 108 Å². The molecular weight excluding hydrogens is 384 g/mol. The minimum Gasteiger partial charge on any atom is -0.0837 e. The second-order valence-corrected chi connectivity index (χ2v) is 10.6. The Morgan fingerprint density at radius 1 is 0.700 bits per heavy atom. The van der Waals surface area contributed by atoms with Gasteiger partial charge in [-0.25, -0.2) is 0 Å². The topological polar surface area (TPSA) is 0 Å². The Morgan fingerprint density at radius 2 is 1.33 bits per heavy atom. The van der Waals surface area contributed by atoms with Crippen LogP contribution in [0.25, 0.3) is 21.5 Å². The fourth-order valence-corrected chi connectivity index (χ4v) is 5.13. The van der Waals surface area contributed by atoms with Crippen molar-refractivity contribution in [3.8, 4) is 0 Å². The largest absolute Gasteiger partial charge is 0.0837 e. The Bertz CT molecular complexity index is 1230. The standard InChI is InChI=1S/C29H31Cl/c1-19-10-7-11-20-12-8-15-24(26(19)20)29(5,6)18-21-16-17-25(30)27-22(21)13-9-14-23(27)28(2,3)4/h7-17H,18H2,1-6H3. The molecule has 0 saturated heterocycles. The molecule has 0 spiro atoms. The number of aryl methyl sites for hydroxylation is 1. The molecule has 0 radical (unpaired) electrons. The molecule has 0 atom stereocenters. The van der Waals surface area contributed by atoms with Crippen LogP contribution in [0.1, 0.15) is 56.9 Å². The Morgan fingerprint density at radius 3 is 2.03 bits per heavy atom. The van der Waals surface area contributed by atoms with E-state index in [0.29, 0.717) is 0 Å². The van der Waals surface area contributed by atoms with Crippen molar-refractivity contribution in [2.75, 3.05) is 0 Å². The van der Waals surface area contributed by atoms with Gasteiger partial charge in [0.15, 0.2) is 0 Å². The summed E-state index contributed by atoms with van der Waals surface area (Å²) in [4.78, 5) is 0. The third kappa shape index (κ3) is 3.63. The van der Waals surface area contributed by atoms with E-state index in [1.54, 1.807) is 0 Å². The number of hydrogen-bond acceptors (Lipinski definition) is 0. The van der Waals surface area contributed by atoms with Crippen molar-refractivity contribution in [1.82, 2.24) is 0 Å². The molecule has 1 heteroatoms. The monoisotopic (exact) mass is 414 g/mol. The van der Waals surface area contributed by atoms with E-state index in [0.717, 1.165) is 11.4 Å². The van der Waals surface area contributed by atoms with Crippen LogP contribution in [0, 0.1) is 6.92 Å². The minimum atomic E-state index is -0.00980. The molecule has 0 amide bonds. The van der Waals surface area contributed by atoms with Gasteiger partial charge in [-0.15, -0.1) is 0 Å². The molecule has 0 bridgehead atoms. The first-order valence-electron chi connectivity index (χ1n) is 10.8. The maximum atomic E-state index is 6.73. The summed E-state index contributed by atoms with van der Waals surface area (Å²) in [7, 11) is 0. The first-order chi connectivity index (χ1) is 14.1. The van der Waals surface area contributed by atoms with Gasteiger partial charge in [-0.3, -0.25) is 0 Å². The second kappa shape index (κ2) is 7.43. The molecule has 0 unspecified atom stereocenters. The van der Waals surface area contributed by atoms with Crippen molar-refractivity contribution in [2.45, 2.75) is 58.8 Å². The molecule has 4 aromatic rings. The highest BCUT2D eigenvalue weighted by atomic mass is 35.5. The summed E-state index contributed by atoms with van der Waals surface area (Å²) < 4.78 is 0. The summed E-state index contributed by atoms with van der Waals surface area (Å²) >= 11 is 6.73. The smallest absolute Gasteiger partial charge is 0.0487 e. The van der Waals surface area contributed by atoms with E-state index in [1.165, 1.54) is 43.8 Å². The predicted octanol–water partition coefficient (Wildman–Crippen LogP) is 8.77. The Kier molecular flexibility index (Phi) is 5.19. The number of halogens is 1. The molecule has 154 valence electrons. The van der Waals surface area contributed by atoms with E-state index in [4.69, 9.17) is 11.6 Å². The first-order valence-corrected chi connectivity index (χ1v) is 11.2. The van der Waals surface area contributed by atoms with E-state index >= 15 is 0 Å². The first kappa shape index (κ1) is 20.9. The fourth-order valence-electron chi connectivity index (χ4n) is 4.87. The van der Waals surface area contributed by atoms with Crippen molar-refractivity contribution in [3.63, 3.8) is 0 Å². The lowest BCUT2D eigenvalue weighted by atomic mass is 9.75. The number of hydrogen-bond donors (Lipinski definition) is 0. The van der Waals surface area contributed by atoms with Gasteiger partial charge >= 0.3 is 0 Å². The highest BCUT2D eigenvalue weighted by molar-refractivity contribution is 6.36. The summed E-state index contributed by atoms with van der Waals surface area (Å²) in [5.41, 5.74) is 5.45. The summed E-state index contributed by atoms with van der Waals surface area (Å²) in [5.74, 6) is 0. The van der Waals surface area contributed by atoms with E-state index in [1.807, 2.05) is 0 Å². The van der Waals surface area contributed by atoms with Gasteiger partial charge in [0.1, 0.15) is 0 Å². The Labute approximate surface area is 185 Å². The van der Waals surface area contributed by atoms with Gasteiger partial charge in [-0.05, 0) is 68.7 Å². The molecule has 0 aliphatic rings. The lowest BCUT2D eigenvalue weighted by Crippen LogP contribution is -2.21. The van der Waals surface area contributed by atoms with Crippen molar-refractivity contribution in [3.05, 3.63) is 94.0 Å². The van der Waals surface area contributed by atoms with Crippen molar-refractivity contribution in [1.29, 1.82) is 0 Å². The van der Waals surface area contributed by atoms with Gasteiger partial charge in [0.2, 0.25) is 0 Å². The zero-order chi connectivity index (χ0) is 21.7. The van der Waals surface area contributed by atoms with Crippen LogP contribution in [0.4, 0.5) is 0 Å². The Hall–Kier alpha value is -2.31. The third-order valence-corrected chi connectivity index (χ3v) is 6.68. The van der Waals surface area contributed by atoms with Gasteiger partial charge in [0.05, 0.1) is 0 Å². The molecule has 30 heavy (non-hydrogen) atoms. The molecule has 0 saturated carbocycles. The minimum absolute atomic E-state index is 0.00980. The van der Waals surface area contributed by atoms with Crippen molar-refractivity contribution >= 4 is 33.1 Å². The maximum Gasteiger partial charge on any atom is 0.0487 e. The van der Waals surface area contributed by atoms with E-state index in [9.17, 15) is 0 Å². The van der Waals surface area contributed by atoms with E-state index in [-0.39, 0.29) is 10.8 Å². The zero-order valence-corrected chi connectivity index (χ0v) is 19.7. The van der Waals surface area contributed by atoms with Crippen LogP contribution in [0.5, 0.6) is 0 Å². The Balaban J connectivity index is 1.89. The molecular formula is C29H31Cl. The van der Waals surface area contributed by atoms with Gasteiger partial charge < -0.3 is 0 Å². The lowest BCUT2D eigenvalue weighted by molar-refractivity contribution is 0.528. The predicted molar refractivity (Wildman–Crippen MR) is 133 cm³/mol. The normalized spacial score (nSPS) is 12.6. The summed E-state index contributed by atoms with van der Waals surface area (Å²) in [5, 5.41) is 6.03. The molecule has 0 aromatic heterocycles. The van der Waals surface area contributed by atoms with Crippen LogP contribution in [-0.4, -0.2) is 0 Å². The van der Waals surface area contributed by atoms with Crippen LogP contribution >= 0.6 is 11.6 Å². The number of rotatable bonds is 3. The summed E-state index contributed by atoms with van der Waals surface area (Å²) in [6.07, 6.45) is 0.960. The molecule has 0 nitrogen and oxygen atoms in total. The fraction of sp³-hybridized carbons (Fsp3) is 0.310. The van der Waals surface area contributed by atoms with Crippen LogP contribution in [-0.2, 0) is 17.3 Å². The quantitative estimate of drug-likeness (QED) is 0.314. The van der Waals surface area contributed by atoms with Crippen LogP contribution in [0.15, 0.2) is 66.7 Å². The highest BCUT2D eigenvalue weighted by Crippen LogP contribution is 2.40. The average molecular weight is 415 g/mol. The average Bonchev–Trinajstić information content (AvgIpc) is 2.69. The SMILES string of the molecule is Cc1cccc2cccc(C(C)(C)Cc3ccc(Cl)c4c(C(C)(C)C)cccc34)c12. The van der Waals surface area contributed by atoms with Crippen molar-refractivity contribution in [2.24, 2.45) is 0 Å². The zero-order valence-electron chi connectivity index (χ0n) is 18.9. The molecule has 0 N–H and O–H groups in total. The van der Waals surface area contributed by atoms with E-state index < -0.39 is 0 Å². The highest BCUT2D eigenvalue weighted by Gasteiger charge is 2.26. The van der Waals surface area contributed by atoms with Crippen molar-refractivity contribution < 1.29 is 0 Å². The van der Waals surface area contributed by atoms with Gasteiger partial charge in [-0.2, -0.15) is 0 Å². The van der Waals surface area contributed by atoms with Crippen LogP contribution < -0.4 is 0 Å².